The summed E-state index contributed by atoms with van der Waals surface area (Å²) in [4.78, 5) is 35.2. The van der Waals surface area contributed by atoms with Crippen LogP contribution in [0, 0.1) is 5.92 Å². The van der Waals surface area contributed by atoms with Crippen molar-refractivity contribution >= 4 is 17.7 Å². The van der Waals surface area contributed by atoms with Crippen LogP contribution in [0.25, 0.3) is 0 Å². The van der Waals surface area contributed by atoms with Gasteiger partial charge in [-0.1, -0.05) is 20.8 Å². The van der Waals surface area contributed by atoms with E-state index in [2.05, 4.69) is 5.32 Å². The lowest BCUT2D eigenvalue weighted by atomic mass is 10.0. The lowest BCUT2D eigenvalue weighted by molar-refractivity contribution is -0.145. The van der Waals surface area contributed by atoms with Crippen LogP contribution < -0.4 is 10.1 Å². The molecule has 1 aromatic carbocycles. The Balaban J connectivity index is 2.55. The Bertz CT molecular complexity index is 565. The number of rotatable bonds is 9. The highest BCUT2D eigenvalue weighted by atomic mass is 16.5. The fourth-order valence-electron chi connectivity index (χ4n) is 2.15. The van der Waals surface area contributed by atoms with Gasteiger partial charge in [-0.2, -0.15) is 0 Å². The summed E-state index contributed by atoms with van der Waals surface area (Å²) in [5.41, 5.74) is 0.608. The van der Waals surface area contributed by atoms with Gasteiger partial charge in [-0.15, -0.1) is 0 Å². The standard InChI is InChI=1S/C18H25NO5/c1-5-16(20)13-6-8-14(9-7-13)24-11-17(21)19-15(10-12(2)3)18(22)23-4/h6-9,12,15H,5,10-11H2,1-4H3,(H,19,21)/t15-/m0/s1. The van der Waals surface area contributed by atoms with Crippen molar-refractivity contribution < 1.29 is 23.9 Å². The van der Waals surface area contributed by atoms with E-state index in [0.717, 1.165) is 0 Å². The zero-order chi connectivity index (χ0) is 18.1. The summed E-state index contributed by atoms with van der Waals surface area (Å²) in [5.74, 6) is -0.108. The van der Waals surface area contributed by atoms with E-state index < -0.39 is 17.9 Å². The predicted molar refractivity (Wildman–Crippen MR) is 90.0 cm³/mol. The molecule has 24 heavy (non-hydrogen) atoms. The van der Waals surface area contributed by atoms with Crippen LogP contribution >= 0.6 is 0 Å². The fourth-order valence-corrected chi connectivity index (χ4v) is 2.15. The first kappa shape index (κ1) is 19.7. The number of ketones is 1. The molecular weight excluding hydrogens is 310 g/mol. The Labute approximate surface area is 142 Å². The van der Waals surface area contributed by atoms with Crippen LogP contribution in [0.5, 0.6) is 5.75 Å². The molecular formula is C18H25NO5. The maximum Gasteiger partial charge on any atom is 0.328 e. The second-order valence-corrected chi connectivity index (χ2v) is 5.86. The molecule has 6 nitrogen and oxygen atoms in total. The second kappa shape index (κ2) is 9.70. The van der Waals surface area contributed by atoms with E-state index in [1.807, 2.05) is 13.8 Å². The number of benzene rings is 1. The summed E-state index contributed by atoms with van der Waals surface area (Å²) in [6, 6.07) is 5.92. The van der Waals surface area contributed by atoms with E-state index in [-0.39, 0.29) is 18.3 Å². The molecule has 0 spiro atoms. The van der Waals surface area contributed by atoms with E-state index in [1.54, 1.807) is 31.2 Å². The quantitative estimate of drug-likeness (QED) is 0.553. The highest BCUT2D eigenvalue weighted by Gasteiger charge is 2.22. The molecule has 0 radical (unpaired) electrons. The molecule has 1 amide bonds. The minimum absolute atomic E-state index is 0.0499. The number of ether oxygens (including phenoxy) is 2. The number of nitrogens with one attached hydrogen (secondary N) is 1. The predicted octanol–water partition coefficient (Wildman–Crippen LogP) is 2.36. The largest absolute Gasteiger partial charge is 0.484 e. The zero-order valence-corrected chi connectivity index (χ0v) is 14.6. The minimum Gasteiger partial charge on any atom is -0.484 e. The molecule has 6 heteroatoms. The number of carbonyl (C=O) groups is 3. The van der Waals surface area contributed by atoms with Crippen molar-refractivity contribution in [3.63, 3.8) is 0 Å². The lowest BCUT2D eigenvalue weighted by Gasteiger charge is -2.18. The molecule has 0 aliphatic carbocycles. The Morgan fingerprint density at radius 3 is 2.25 bits per heavy atom. The summed E-state index contributed by atoms with van der Waals surface area (Å²) in [6.45, 7) is 5.49. The van der Waals surface area contributed by atoms with Gasteiger partial charge in [-0.25, -0.2) is 4.79 Å². The van der Waals surface area contributed by atoms with Gasteiger partial charge in [0.25, 0.3) is 5.91 Å². The number of amides is 1. The van der Waals surface area contributed by atoms with Gasteiger partial charge in [-0.3, -0.25) is 9.59 Å². The molecule has 1 N–H and O–H groups in total. The highest BCUT2D eigenvalue weighted by molar-refractivity contribution is 5.95. The van der Waals surface area contributed by atoms with Gasteiger partial charge >= 0.3 is 5.97 Å². The average Bonchev–Trinajstić information content (AvgIpc) is 2.58. The smallest absolute Gasteiger partial charge is 0.328 e. The molecule has 132 valence electrons. The van der Waals surface area contributed by atoms with Crippen molar-refractivity contribution in [1.82, 2.24) is 5.32 Å². The van der Waals surface area contributed by atoms with Crippen LogP contribution in [0.15, 0.2) is 24.3 Å². The van der Waals surface area contributed by atoms with Gasteiger partial charge in [0.05, 0.1) is 7.11 Å². The Hall–Kier alpha value is -2.37. The van der Waals surface area contributed by atoms with Crippen LogP contribution in [0.4, 0.5) is 0 Å². The fraction of sp³-hybridized carbons (Fsp3) is 0.500. The number of hydrogen-bond acceptors (Lipinski definition) is 5. The third-order valence-electron chi connectivity index (χ3n) is 3.40. The number of Topliss-reactive ketones (excluding diaryl/α,β-unsaturated/α-hetero) is 1. The number of hydrogen-bond donors (Lipinski definition) is 1. The second-order valence-electron chi connectivity index (χ2n) is 5.86. The summed E-state index contributed by atoms with van der Waals surface area (Å²) < 4.78 is 10.1. The molecule has 0 bridgehead atoms. The van der Waals surface area contributed by atoms with Crippen LogP contribution in [-0.4, -0.2) is 37.4 Å². The Morgan fingerprint density at radius 2 is 1.75 bits per heavy atom. The molecule has 0 unspecified atom stereocenters. The van der Waals surface area contributed by atoms with E-state index in [9.17, 15) is 14.4 Å². The van der Waals surface area contributed by atoms with Crippen molar-refractivity contribution in [3.05, 3.63) is 29.8 Å². The summed E-state index contributed by atoms with van der Waals surface area (Å²) in [7, 11) is 1.29. The normalized spacial score (nSPS) is 11.7. The highest BCUT2D eigenvalue weighted by Crippen LogP contribution is 2.13. The first-order valence-electron chi connectivity index (χ1n) is 8.00. The molecule has 1 atom stereocenters. The van der Waals surface area contributed by atoms with Crippen LogP contribution in [0.2, 0.25) is 0 Å². The minimum atomic E-state index is -0.685. The number of esters is 1. The van der Waals surface area contributed by atoms with Gasteiger partial charge in [0.1, 0.15) is 11.8 Å². The van der Waals surface area contributed by atoms with Crippen molar-refractivity contribution in [3.8, 4) is 5.75 Å². The Morgan fingerprint density at radius 1 is 1.12 bits per heavy atom. The van der Waals surface area contributed by atoms with Gasteiger partial charge < -0.3 is 14.8 Å². The van der Waals surface area contributed by atoms with Crippen molar-refractivity contribution in [2.24, 2.45) is 5.92 Å². The van der Waals surface area contributed by atoms with Crippen LogP contribution in [0.1, 0.15) is 44.0 Å². The monoisotopic (exact) mass is 335 g/mol. The van der Waals surface area contributed by atoms with E-state index in [0.29, 0.717) is 24.2 Å². The molecule has 0 aromatic heterocycles. The van der Waals surface area contributed by atoms with Crippen molar-refractivity contribution in [2.45, 2.75) is 39.7 Å². The van der Waals surface area contributed by atoms with Gasteiger partial charge in [0.2, 0.25) is 0 Å². The van der Waals surface area contributed by atoms with Crippen LogP contribution in [-0.2, 0) is 14.3 Å². The molecule has 0 saturated carbocycles. The van der Waals surface area contributed by atoms with Gasteiger partial charge in [-0.05, 0) is 36.6 Å². The summed E-state index contributed by atoms with van der Waals surface area (Å²) >= 11 is 0. The molecule has 0 aliphatic heterocycles. The van der Waals surface area contributed by atoms with Crippen molar-refractivity contribution in [1.29, 1.82) is 0 Å². The molecule has 0 saturated heterocycles. The van der Waals surface area contributed by atoms with Gasteiger partial charge in [0.15, 0.2) is 12.4 Å². The molecule has 0 heterocycles. The van der Waals surface area contributed by atoms with E-state index in [1.165, 1.54) is 7.11 Å². The molecule has 1 rings (SSSR count). The van der Waals surface area contributed by atoms with Gasteiger partial charge in [0, 0.05) is 12.0 Å². The first-order chi connectivity index (χ1) is 11.4. The molecule has 0 fully saturated rings. The molecule has 0 aliphatic rings. The summed E-state index contributed by atoms with van der Waals surface area (Å²) in [6.07, 6.45) is 0.930. The maximum absolute atomic E-state index is 12.0. The Kier molecular flexibility index (Phi) is 7.95. The third kappa shape index (κ3) is 6.40. The first-order valence-corrected chi connectivity index (χ1v) is 8.00. The summed E-state index contributed by atoms with van der Waals surface area (Å²) in [5, 5.41) is 2.62. The third-order valence-corrected chi connectivity index (χ3v) is 3.40. The van der Waals surface area contributed by atoms with E-state index in [4.69, 9.17) is 9.47 Å². The average molecular weight is 335 g/mol. The molecule has 1 aromatic rings. The lowest BCUT2D eigenvalue weighted by Crippen LogP contribution is -2.44. The maximum atomic E-state index is 12.0. The number of methoxy groups -OCH3 is 1. The SMILES string of the molecule is CCC(=O)c1ccc(OCC(=O)N[C@@H](CC(C)C)C(=O)OC)cc1. The zero-order valence-electron chi connectivity index (χ0n) is 14.6. The topological polar surface area (TPSA) is 81.7 Å². The van der Waals surface area contributed by atoms with E-state index >= 15 is 0 Å². The van der Waals surface area contributed by atoms with Crippen LogP contribution in [0.3, 0.4) is 0 Å². The number of carbonyl (C=O) groups excluding carboxylic acids is 3. The van der Waals surface area contributed by atoms with Crippen molar-refractivity contribution in [2.75, 3.05) is 13.7 Å².